The fourth-order valence-electron chi connectivity index (χ4n) is 2.20. The number of rotatable bonds is 5. The Labute approximate surface area is 102 Å². The summed E-state index contributed by atoms with van der Waals surface area (Å²) in [5, 5.41) is 10.0. The van der Waals surface area contributed by atoms with Gasteiger partial charge in [0.25, 0.3) is 0 Å². The molecular formula is C14H20O3. The van der Waals surface area contributed by atoms with Gasteiger partial charge < -0.3 is 14.6 Å². The van der Waals surface area contributed by atoms with Crippen LogP contribution in [0.4, 0.5) is 0 Å². The van der Waals surface area contributed by atoms with Crippen molar-refractivity contribution in [3.8, 4) is 5.75 Å². The second-order valence-electron chi connectivity index (χ2n) is 4.58. The van der Waals surface area contributed by atoms with Crippen molar-refractivity contribution < 1.29 is 14.6 Å². The van der Waals surface area contributed by atoms with Crippen molar-refractivity contribution in [1.82, 2.24) is 0 Å². The lowest BCUT2D eigenvalue weighted by Crippen LogP contribution is -2.21. The first-order valence-electron chi connectivity index (χ1n) is 6.18. The van der Waals surface area contributed by atoms with Gasteiger partial charge in [0, 0.05) is 12.5 Å². The Morgan fingerprint density at radius 3 is 2.76 bits per heavy atom. The van der Waals surface area contributed by atoms with E-state index < -0.39 is 0 Å². The molecule has 0 saturated carbocycles. The fourth-order valence-corrected chi connectivity index (χ4v) is 2.20. The minimum Gasteiger partial charge on any atom is -0.497 e. The van der Waals surface area contributed by atoms with E-state index in [2.05, 4.69) is 12.1 Å². The van der Waals surface area contributed by atoms with E-state index in [1.807, 2.05) is 12.1 Å². The van der Waals surface area contributed by atoms with E-state index in [1.54, 1.807) is 7.11 Å². The highest BCUT2D eigenvalue weighted by Crippen LogP contribution is 2.21. The molecule has 1 fully saturated rings. The maximum atomic E-state index is 10.0. The minimum atomic E-state index is -0.236. The van der Waals surface area contributed by atoms with E-state index in [0.29, 0.717) is 12.5 Å². The van der Waals surface area contributed by atoms with Crippen LogP contribution < -0.4 is 4.74 Å². The largest absolute Gasteiger partial charge is 0.497 e. The number of hydrogen-bond acceptors (Lipinski definition) is 3. The Morgan fingerprint density at radius 1 is 1.41 bits per heavy atom. The molecule has 0 aliphatic carbocycles. The highest BCUT2D eigenvalue weighted by molar-refractivity contribution is 5.27. The van der Waals surface area contributed by atoms with Crippen LogP contribution in [0, 0.1) is 5.92 Å². The Kier molecular flexibility index (Phi) is 4.40. The third-order valence-corrected chi connectivity index (χ3v) is 3.40. The summed E-state index contributed by atoms with van der Waals surface area (Å²) in [7, 11) is 1.67. The van der Waals surface area contributed by atoms with E-state index in [9.17, 15) is 5.11 Å². The van der Waals surface area contributed by atoms with Crippen LogP contribution in [-0.2, 0) is 11.2 Å². The summed E-state index contributed by atoms with van der Waals surface area (Å²) < 4.78 is 10.4. The molecular weight excluding hydrogens is 216 g/mol. The minimum absolute atomic E-state index is 0.236. The van der Waals surface area contributed by atoms with Crippen LogP contribution in [0.2, 0.25) is 0 Å². The Bertz CT molecular complexity index is 328. The van der Waals surface area contributed by atoms with Gasteiger partial charge in [0.15, 0.2) is 0 Å². The molecule has 0 radical (unpaired) electrons. The highest BCUT2D eigenvalue weighted by atomic mass is 16.5. The van der Waals surface area contributed by atoms with E-state index in [1.165, 1.54) is 5.56 Å². The first-order chi connectivity index (χ1) is 8.29. The van der Waals surface area contributed by atoms with Crippen molar-refractivity contribution in [2.24, 2.45) is 5.92 Å². The molecule has 2 rings (SSSR count). The molecule has 0 bridgehead atoms. The second-order valence-corrected chi connectivity index (χ2v) is 4.58. The number of benzene rings is 1. The van der Waals surface area contributed by atoms with Crippen LogP contribution in [-0.4, -0.2) is 31.5 Å². The predicted octanol–water partition coefficient (Wildman–Crippen LogP) is 2.03. The molecule has 1 heterocycles. The molecule has 1 aromatic rings. The maximum Gasteiger partial charge on any atom is 0.118 e. The SMILES string of the molecule is COc1ccc(CCC(O)C2CCOC2)cc1. The predicted molar refractivity (Wildman–Crippen MR) is 66.2 cm³/mol. The molecule has 0 spiro atoms. The molecule has 1 saturated heterocycles. The van der Waals surface area contributed by atoms with Crippen molar-refractivity contribution in [1.29, 1.82) is 0 Å². The molecule has 0 amide bonds. The molecule has 3 heteroatoms. The van der Waals surface area contributed by atoms with Crippen molar-refractivity contribution >= 4 is 0 Å². The van der Waals surface area contributed by atoms with Gasteiger partial charge in [-0.15, -0.1) is 0 Å². The van der Waals surface area contributed by atoms with Crippen molar-refractivity contribution in [2.75, 3.05) is 20.3 Å². The summed E-state index contributed by atoms with van der Waals surface area (Å²) >= 11 is 0. The van der Waals surface area contributed by atoms with Gasteiger partial charge >= 0.3 is 0 Å². The van der Waals surface area contributed by atoms with Gasteiger partial charge in [-0.25, -0.2) is 0 Å². The van der Waals surface area contributed by atoms with Crippen LogP contribution in [0.1, 0.15) is 18.4 Å². The van der Waals surface area contributed by atoms with E-state index >= 15 is 0 Å². The molecule has 0 aromatic heterocycles. The molecule has 1 aliphatic heterocycles. The van der Waals surface area contributed by atoms with Gasteiger partial charge in [0.05, 0.1) is 19.8 Å². The second kappa shape index (κ2) is 6.03. The smallest absolute Gasteiger partial charge is 0.118 e. The summed E-state index contributed by atoms with van der Waals surface area (Å²) in [6.07, 6.45) is 2.46. The summed E-state index contributed by atoms with van der Waals surface area (Å²) in [6.45, 7) is 1.51. The van der Waals surface area contributed by atoms with Gasteiger partial charge in [-0.1, -0.05) is 12.1 Å². The van der Waals surface area contributed by atoms with Gasteiger partial charge in [-0.3, -0.25) is 0 Å². The third kappa shape index (κ3) is 3.45. The number of hydrogen-bond donors (Lipinski definition) is 1. The first kappa shape index (κ1) is 12.4. The van der Waals surface area contributed by atoms with Crippen LogP contribution in [0.5, 0.6) is 5.75 Å². The molecule has 17 heavy (non-hydrogen) atoms. The Balaban J connectivity index is 1.80. The normalized spacial score (nSPS) is 21.4. The third-order valence-electron chi connectivity index (χ3n) is 3.40. The molecule has 94 valence electrons. The average Bonchev–Trinajstić information content (AvgIpc) is 2.90. The van der Waals surface area contributed by atoms with E-state index in [-0.39, 0.29) is 6.10 Å². The zero-order chi connectivity index (χ0) is 12.1. The number of methoxy groups -OCH3 is 1. The van der Waals surface area contributed by atoms with E-state index in [0.717, 1.165) is 31.6 Å². The van der Waals surface area contributed by atoms with Crippen molar-refractivity contribution in [3.63, 3.8) is 0 Å². The van der Waals surface area contributed by atoms with Gasteiger partial charge in [0.2, 0.25) is 0 Å². The maximum absolute atomic E-state index is 10.0. The van der Waals surface area contributed by atoms with E-state index in [4.69, 9.17) is 9.47 Å². The zero-order valence-electron chi connectivity index (χ0n) is 10.3. The molecule has 2 atom stereocenters. The molecule has 1 N–H and O–H groups in total. The Hall–Kier alpha value is -1.06. The van der Waals surface area contributed by atoms with Gasteiger partial charge in [-0.05, 0) is 37.0 Å². The van der Waals surface area contributed by atoms with Crippen LogP contribution >= 0.6 is 0 Å². The summed E-state index contributed by atoms with van der Waals surface area (Å²) in [5.41, 5.74) is 1.24. The number of ether oxygens (including phenoxy) is 2. The van der Waals surface area contributed by atoms with Crippen molar-refractivity contribution in [3.05, 3.63) is 29.8 Å². The quantitative estimate of drug-likeness (QED) is 0.850. The summed E-state index contributed by atoms with van der Waals surface area (Å²) in [4.78, 5) is 0. The highest BCUT2D eigenvalue weighted by Gasteiger charge is 2.23. The molecule has 1 aliphatic rings. The van der Waals surface area contributed by atoms with Crippen LogP contribution in [0.15, 0.2) is 24.3 Å². The Morgan fingerprint density at radius 2 is 2.18 bits per heavy atom. The molecule has 1 aromatic carbocycles. The lowest BCUT2D eigenvalue weighted by atomic mass is 9.96. The topological polar surface area (TPSA) is 38.7 Å². The lowest BCUT2D eigenvalue weighted by molar-refractivity contribution is 0.0850. The fraction of sp³-hybridized carbons (Fsp3) is 0.571. The first-order valence-corrected chi connectivity index (χ1v) is 6.18. The summed E-state index contributed by atoms with van der Waals surface area (Å²) in [6, 6.07) is 8.02. The van der Waals surface area contributed by atoms with Gasteiger partial charge in [-0.2, -0.15) is 0 Å². The van der Waals surface area contributed by atoms with Crippen molar-refractivity contribution in [2.45, 2.75) is 25.4 Å². The number of aliphatic hydroxyl groups excluding tert-OH is 1. The summed E-state index contributed by atoms with van der Waals surface area (Å²) in [5.74, 6) is 1.20. The van der Waals surface area contributed by atoms with Crippen LogP contribution in [0.3, 0.4) is 0 Å². The monoisotopic (exact) mass is 236 g/mol. The average molecular weight is 236 g/mol. The van der Waals surface area contributed by atoms with Crippen LogP contribution in [0.25, 0.3) is 0 Å². The number of aryl methyl sites for hydroxylation is 1. The molecule has 3 nitrogen and oxygen atoms in total. The zero-order valence-corrected chi connectivity index (χ0v) is 10.3. The number of aliphatic hydroxyl groups is 1. The lowest BCUT2D eigenvalue weighted by Gasteiger charge is -2.16. The van der Waals surface area contributed by atoms with Gasteiger partial charge in [0.1, 0.15) is 5.75 Å². The molecule has 2 unspecified atom stereocenters. The standard InChI is InChI=1S/C14H20O3/c1-16-13-5-2-11(3-6-13)4-7-14(15)12-8-9-17-10-12/h2-3,5-6,12,14-15H,4,7-10H2,1H3.